The van der Waals surface area contributed by atoms with Crippen LogP contribution < -0.4 is 4.74 Å². The first-order valence-electron chi connectivity index (χ1n) is 9.86. The summed E-state index contributed by atoms with van der Waals surface area (Å²) in [4.78, 5) is 8.15. The minimum absolute atomic E-state index is 0.712. The molecule has 0 atom stereocenters. The van der Waals surface area contributed by atoms with Gasteiger partial charge in [-0.25, -0.2) is 4.98 Å². The molecule has 31 heavy (non-hydrogen) atoms. The number of benzene rings is 3. The van der Waals surface area contributed by atoms with Gasteiger partial charge in [0.2, 0.25) is 0 Å². The van der Waals surface area contributed by atoms with E-state index >= 15 is 0 Å². The number of halogens is 1. The lowest BCUT2D eigenvalue weighted by atomic mass is 10.1. The second-order valence-electron chi connectivity index (χ2n) is 7.19. The van der Waals surface area contributed by atoms with Crippen LogP contribution in [0.25, 0.3) is 33.9 Å². The first-order chi connectivity index (χ1) is 15.2. The second kappa shape index (κ2) is 8.13. The molecule has 5 aromatic rings. The highest BCUT2D eigenvalue weighted by molar-refractivity contribution is 6.30. The molecule has 2 aromatic heterocycles. The van der Waals surface area contributed by atoms with Crippen molar-refractivity contribution in [2.45, 2.75) is 6.92 Å². The molecule has 0 amide bonds. The SMILES string of the molecule is Cc1[nH]c(-c2ccc(Oc3ccc(-c4ccn[nH]4)cc3)cc2)nc1-c1ccc(Cl)cc1. The number of nitrogens with one attached hydrogen (secondary N) is 2. The van der Waals surface area contributed by atoms with Crippen LogP contribution in [0, 0.1) is 6.92 Å². The summed E-state index contributed by atoms with van der Waals surface area (Å²) >= 11 is 6.00. The molecule has 2 heterocycles. The van der Waals surface area contributed by atoms with E-state index in [2.05, 4.69) is 15.2 Å². The van der Waals surface area contributed by atoms with Crippen LogP contribution in [0.4, 0.5) is 0 Å². The predicted molar refractivity (Wildman–Crippen MR) is 123 cm³/mol. The van der Waals surface area contributed by atoms with Crippen molar-refractivity contribution in [1.82, 2.24) is 20.2 Å². The van der Waals surface area contributed by atoms with Crippen molar-refractivity contribution < 1.29 is 4.74 Å². The molecule has 0 saturated carbocycles. The molecule has 3 aromatic carbocycles. The lowest BCUT2D eigenvalue weighted by molar-refractivity contribution is 0.483. The van der Waals surface area contributed by atoms with E-state index < -0.39 is 0 Å². The number of nitrogens with zero attached hydrogens (tertiary/aromatic N) is 2. The minimum atomic E-state index is 0.712. The number of ether oxygens (including phenoxy) is 1. The van der Waals surface area contributed by atoms with E-state index in [0.29, 0.717) is 5.02 Å². The highest BCUT2D eigenvalue weighted by Gasteiger charge is 2.11. The molecule has 0 unspecified atom stereocenters. The van der Waals surface area contributed by atoms with E-state index in [0.717, 1.165) is 51.1 Å². The molecule has 5 nitrogen and oxygen atoms in total. The highest BCUT2D eigenvalue weighted by Crippen LogP contribution is 2.29. The van der Waals surface area contributed by atoms with Gasteiger partial charge in [0.15, 0.2) is 0 Å². The molecule has 5 rings (SSSR count). The van der Waals surface area contributed by atoms with E-state index in [1.54, 1.807) is 6.20 Å². The lowest BCUT2D eigenvalue weighted by Gasteiger charge is -2.07. The zero-order chi connectivity index (χ0) is 21.2. The largest absolute Gasteiger partial charge is 0.457 e. The van der Waals surface area contributed by atoms with Crippen molar-refractivity contribution in [3.05, 3.63) is 95.8 Å². The van der Waals surface area contributed by atoms with Crippen LogP contribution >= 0.6 is 11.6 Å². The standard InChI is InChI=1S/C25H19ClN4O/c1-16-24(18-2-8-20(26)9-3-18)29-25(28-16)19-6-12-22(13-7-19)31-21-10-4-17(5-11-21)23-14-15-27-30-23/h2-15H,1H3,(H,27,30)(H,28,29). The third-order valence-electron chi connectivity index (χ3n) is 5.03. The van der Waals surface area contributed by atoms with Crippen molar-refractivity contribution >= 4 is 11.6 Å². The topological polar surface area (TPSA) is 66.6 Å². The Bertz CT molecular complexity index is 1290. The summed E-state index contributed by atoms with van der Waals surface area (Å²) in [6, 6.07) is 25.4. The summed E-state index contributed by atoms with van der Waals surface area (Å²) in [6.07, 6.45) is 1.74. The molecule has 0 aliphatic heterocycles. The maximum Gasteiger partial charge on any atom is 0.138 e. The highest BCUT2D eigenvalue weighted by atomic mass is 35.5. The third-order valence-corrected chi connectivity index (χ3v) is 5.28. The monoisotopic (exact) mass is 426 g/mol. The molecular formula is C25H19ClN4O. The molecule has 152 valence electrons. The number of aromatic nitrogens is 4. The van der Waals surface area contributed by atoms with Crippen molar-refractivity contribution in [1.29, 1.82) is 0 Å². The lowest BCUT2D eigenvalue weighted by Crippen LogP contribution is -1.86. The Kier molecular flexibility index (Phi) is 5.02. The van der Waals surface area contributed by atoms with Crippen molar-refractivity contribution in [2.24, 2.45) is 0 Å². The van der Waals surface area contributed by atoms with Crippen LogP contribution in [0.3, 0.4) is 0 Å². The number of aromatic amines is 2. The molecule has 0 radical (unpaired) electrons. The molecule has 0 spiro atoms. The fourth-order valence-electron chi connectivity index (χ4n) is 3.42. The van der Waals surface area contributed by atoms with E-state index in [9.17, 15) is 0 Å². The number of imidazole rings is 1. The van der Waals surface area contributed by atoms with Gasteiger partial charge in [-0.1, -0.05) is 23.7 Å². The van der Waals surface area contributed by atoms with Crippen molar-refractivity contribution in [3.63, 3.8) is 0 Å². The summed E-state index contributed by atoms with van der Waals surface area (Å²) in [5.74, 6) is 2.35. The van der Waals surface area contributed by atoms with Gasteiger partial charge in [-0.05, 0) is 79.2 Å². The first-order valence-corrected chi connectivity index (χ1v) is 10.2. The van der Waals surface area contributed by atoms with Crippen LogP contribution in [0.15, 0.2) is 85.1 Å². The molecule has 0 fully saturated rings. The van der Waals surface area contributed by atoms with Crippen LogP contribution in [0.5, 0.6) is 11.5 Å². The number of H-pyrrole nitrogens is 2. The molecule has 2 N–H and O–H groups in total. The molecule has 0 aliphatic rings. The summed E-state index contributed by atoms with van der Waals surface area (Å²) in [5.41, 5.74) is 5.99. The molecule has 6 heteroatoms. The Morgan fingerprint density at radius 3 is 1.97 bits per heavy atom. The second-order valence-corrected chi connectivity index (χ2v) is 7.62. The van der Waals surface area contributed by atoms with Crippen LogP contribution in [-0.4, -0.2) is 20.2 Å². The van der Waals surface area contributed by atoms with Gasteiger partial charge in [0.05, 0.1) is 11.4 Å². The van der Waals surface area contributed by atoms with Gasteiger partial charge in [0.25, 0.3) is 0 Å². The fourth-order valence-corrected chi connectivity index (χ4v) is 3.55. The van der Waals surface area contributed by atoms with Gasteiger partial charge in [-0.15, -0.1) is 0 Å². The average Bonchev–Trinajstić information content (AvgIpc) is 3.46. The smallest absolute Gasteiger partial charge is 0.138 e. The minimum Gasteiger partial charge on any atom is -0.457 e. The molecule has 0 aliphatic carbocycles. The summed E-state index contributed by atoms with van der Waals surface area (Å²) in [5, 5.41) is 7.65. The first kappa shape index (κ1) is 19.2. The van der Waals surface area contributed by atoms with Gasteiger partial charge in [-0.3, -0.25) is 5.10 Å². The maximum atomic E-state index is 6.00. The third kappa shape index (κ3) is 4.09. The Labute approximate surface area is 184 Å². The molecular weight excluding hydrogens is 408 g/mol. The quantitative estimate of drug-likeness (QED) is 0.321. The normalized spacial score (nSPS) is 10.9. The Balaban J connectivity index is 1.32. The summed E-state index contributed by atoms with van der Waals surface area (Å²) in [6.45, 7) is 2.02. The Morgan fingerprint density at radius 1 is 0.742 bits per heavy atom. The van der Waals surface area contributed by atoms with E-state index in [4.69, 9.17) is 21.3 Å². The average molecular weight is 427 g/mol. The van der Waals surface area contributed by atoms with Crippen LogP contribution in [0.1, 0.15) is 5.69 Å². The summed E-state index contributed by atoms with van der Waals surface area (Å²) in [7, 11) is 0. The number of rotatable bonds is 5. The van der Waals surface area contributed by atoms with E-state index in [-0.39, 0.29) is 0 Å². The summed E-state index contributed by atoms with van der Waals surface area (Å²) < 4.78 is 5.98. The number of aryl methyl sites for hydroxylation is 1. The van der Waals surface area contributed by atoms with Crippen LogP contribution in [0.2, 0.25) is 5.02 Å². The zero-order valence-corrected chi connectivity index (χ0v) is 17.5. The van der Waals surface area contributed by atoms with Gasteiger partial charge in [0.1, 0.15) is 17.3 Å². The Morgan fingerprint density at radius 2 is 1.35 bits per heavy atom. The van der Waals surface area contributed by atoms with E-state index in [1.807, 2.05) is 85.8 Å². The predicted octanol–water partition coefficient (Wildman–Crippen LogP) is 6.89. The zero-order valence-electron chi connectivity index (χ0n) is 16.8. The Hall–Kier alpha value is -3.83. The molecule has 0 saturated heterocycles. The maximum absolute atomic E-state index is 6.00. The van der Waals surface area contributed by atoms with Crippen LogP contribution in [-0.2, 0) is 0 Å². The van der Waals surface area contributed by atoms with Gasteiger partial charge in [-0.2, -0.15) is 5.10 Å². The van der Waals surface area contributed by atoms with Gasteiger partial charge < -0.3 is 9.72 Å². The van der Waals surface area contributed by atoms with Crippen molar-refractivity contribution in [3.8, 4) is 45.4 Å². The van der Waals surface area contributed by atoms with E-state index in [1.165, 1.54) is 0 Å². The number of hydrogen-bond donors (Lipinski definition) is 2. The van der Waals surface area contributed by atoms with Gasteiger partial charge in [0, 0.05) is 28.0 Å². The van der Waals surface area contributed by atoms with Crippen molar-refractivity contribution in [2.75, 3.05) is 0 Å². The number of hydrogen-bond acceptors (Lipinski definition) is 3. The van der Waals surface area contributed by atoms with Gasteiger partial charge >= 0.3 is 0 Å². The molecule has 0 bridgehead atoms. The fraction of sp³-hybridized carbons (Fsp3) is 0.0400.